The molecule has 3 aromatic rings. The Hall–Kier alpha value is -2.29. The largest absolute Gasteiger partial charge is 0.448 e. The van der Waals surface area contributed by atoms with Crippen LogP contribution in [0.4, 0.5) is 5.13 Å². The molecule has 1 aromatic carbocycles. The highest BCUT2D eigenvalue weighted by atomic mass is 32.1. The Morgan fingerprint density at radius 2 is 2.00 bits per heavy atom. The average molecular weight is 413 g/mol. The third-order valence-corrected chi connectivity index (χ3v) is 6.54. The number of nitrogens with zero attached hydrogens (tertiary/aromatic N) is 3. The van der Waals surface area contributed by atoms with E-state index >= 15 is 0 Å². The highest BCUT2D eigenvalue weighted by Gasteiger charge is 2.30. The molecule has 4 heterocycles. The number of amides is 1. The van der Waals surface area contributed by atoms with Crippen molar-refractivity contribution in [3.8, 4) is 0 Å². The average Bonchev–Trinajstić information content (AvgIpc) is 3.52. The lowest BCUT2D eigenvalue weighted by atomic mass is 10.0. The van der Waals surface area contributed by atoms with Gasteiger partial charge in [-0.2, -0.15) is 0 Å². The molecule has 0 saturated carbocycles. The predicted molar refractivity (Wildman–Crippen MR) is 110 cm³/mol. The Morgan fingerprint density at radius 3 is 2.79 bits per heavy atom. The maximum atomic E-state index is 13.4. The fraction of sp³-hybridized carbons (Fsp3) is 0.476. The van der Waals surface area contributed by atoms with Crippen LogP contribution in [0.25, 0.3) is 10.2 Å². The summed E-state index contributed by atoms with van der Waals surface area (Å²) in [7, 11) is 0. The van der Waals surface area contributed by atoms with Crippen LogP contribution in [-0.4, -0.2) is 48.3 Å². The molecule has 1 atom stereocenters. The van der Waals surface area contributed by atoms with Crippen LogP contribution in [-0.2, 0) is 9.47 Å². The number of rotatable bonds is 5. The zero-order valence-electron chi connectivity index (χ0n) is 16.1. The van der Waals surface area contributed by atoms with Gasteiger partial charge in [-0.1, -0.05) is 23.5 Å². The van der Waals surface area contributed by atoms with Crippen LogP contribution in [0, 0.1) is 0 Å². The number of fused-ring (bicyclic) bond motifs is 1. The van der Waals surface area contributed by atoms with Crippen molar-refractivity contribution < 1.29 is 18.7 Å². The standard InChI is InChI=1S/C21H23N3O4S/c25-20(17-13-28-19(22-17)14-7-10-26-11-8-14)24(12-15-4-3-9-27-15)21-23-16-5-1-2-6-18(16)29-21/h1-2,5-6,13-15H,3-4,7-12H2. The van der Waals surface area contributed by atoms with Crippen molar-refractivity contribution in [2.75, 3.05) is 31.3 Å². The van der Waals surface area contributed by atoms with Crippen molar-refractivity contribution >= 4 is 32.6 Å². The molecular weight excluding hydrogens is 390 g/mol. The van der Waals surface area contributed by atoms with Gasteiger partial charge >= 0.3 is 0 Å². The minimum atomic E-state index is -0.193. The topological polar surface area (TPSA) is 77.7 Å². The molecule has 8 heteroatoms. The van der Waals surface area contributed by atoms with Gasteiger partial charge in [-0.3, -0.25) is 9.69 Å². The number of aromatic nitrogens is 2. The lowest BCUT2D eigenvalue weighted by Gasteiger charge is -2.22. The molecule has 1 unspecified atom stereocenters. The van der Waals surface area contributed by atoms with Gasteiger partial charge in [0.25, 0.3) is 5.91 Å². The van der Waals surface area contributed by atoms with Gasteiger partial charge in [0.2, 0.25) is 0 Å². The van der Waals surface area contributed by atoms with E-state index in [-0.39, 0.29) is 17.9 Å². The van der Waals surface area contributed by atoms with Crippen LogP contribution in [0.15, 0.2) is 34.9 Å². The molecule has 2 aliphatic rings. The zero-order chi connectivity index (χ0) is 19.6. The van der Waals surface area contributed by atoms with Gasteiger partial charge in [0.15, 0.2) is 16.7 Å². The summed E-state index contributed by atoms with van der Waals surface area (Å²) in [5.74, 6) is 0.638. The van der Waals surface area contributed by atoms with Gasteiger partial charge in [-0.05, 0) is 37.8 Å². The third-order valence-electron chi connectivity index (χ3n) is 5.48. The maximum Gasteiger partial charge on any atom is 0.282 e. The number of hydrogen-bond acceptors (Lipinski definition) is 7. The van der Waals surface area contributed by atoms with Gasteiger partial charge in [-0.25, -0.2) is 9.97 Å². The normalized spacial score (nSPS) is 20.3. The Bertz CT molecular complexity index is 956. The molecule has 0 spiro atoms. The van der Waals surface area contributed by atoms with Crippen LogP contribution < -0.4 is 4.90 Å². The van der Waals surface area contributed by atoms with Crippen molar-refractivity contribution in [1.29, 1.82) is 0 Å². The molecule has 2 saturated heterocycles. The molecule has 152 valence electrons. The molecule has 2 fully saturated rings. The summed E-state index contributed by atoms with van der Waals surface area (Å²) in [4.78, 5) is 24.3. The van der Waals surface area contributed by atoms with E-state index in [4.69, 9.17) is 18.9 Å². The Kier molecular flexibility index (Phi) is 5.30. The highest BCUT2D eigenvalue weighted by molar-refractivity contribution is 7.22. The third kappa shape index (κ3) is 3.92. The van der Waals surface area contributed by atoms with Crippen molar-refractivity contribution in [2.45, 2.75) is 37.7 Å². The monoisotopic (exact) mass is 413 g/mol. The number of hydrogen-bond donors (Lipinski definition) is 0. The van der Waals surface area contributed by atoms with E-state index in [1.165, 1.54) is 17.6 Å². The number of thiazole rings is 1. The van der Waals surface area contributed by atoms with Gasteiger partial charge in [-0.15, -0.1) is 0 Å². The summed E-state index contributed by atoms with van der Waals surface area (Å²) in [6, 6.07) is 7.91. The fourth-order valence-electron chi connectivity index (χ4n) is 3.87. The Morgan fingerprint density at radius 1 is 1.14 bits per heavy atom. The SMILES string of the molecule is O=C(c1coc(C2CCOCC2)n1)N(CC1CCCO1)c1nc2ccccc2s1. The van der Waals surface area contributed by atoms with Crippen LogP contribution in [0.5, 0.6) is 0 Å². The molecule has 7 nitrogen and oxygen atoms in total. The Labute approximate surface area is 172 Å². The first-order valence-electron chi connectivity index (χ1n) is 10.1. The van der Waals surface area contributed by atoms with Crippen molar-refractivity contribution in [1.82, 2.24) is 9.97 Å². The van der Waals surface area contributed by atoms with Crippen LogP contribution in [0.1, 0.15) is 48.0 Å². The van der Waals surface area contributed by atoms with Crippen molar-refractivity contribution in [3.63, 3.8) is 0 Å². The minimum absolute atomic E-state index is 0.0211. The second kappa shape index (κ2) is 8.22. The van der Waals surface area contributed by atoms with Gasteiger partial charge < -0.3 is 13.9 Å². The van der Waals surface area contributed by atoms with E-state index in [1.54, 1.807) is 4.90 Å². The highest BCUT2D eigenvalue weighted by Crippen LogP contribution is 2.31. The molecule has 1 amide bonds. The molecule has 0 bridgehead atoms. The van der Waals surface area contributed by atoms with Gasteiger partial charge in [0, 0.05) is 25.7 Å². The molecule has 2 aromatic heterocycles. The summed E-state index contributed by atoms with van der Waals surface area (Å²) >= 11 is 1.51. The maximum absolute atomic E-state index is 13.4. The first-order valence-corrected chi connectivity index (χ1v) is 10.9. The summed E-state index contributed by atoms with van der Waals surface area (Å²) < 4.78 is 17.9. The van der Waals surface area contributed by atoms with Crippen LogP contribution in [0.3, 0.4) is 0 Å². The molecule has 0 radical (unpaired) electrons. The van der Waals surface area contributed by atoms with Crippen molar-refractivity contribution in [3.05, 3.63) is 42.1 Å². The minimum Gasteiger partial charge on any atom is -0.448 e. The number of oxazole rings is 1. The lowest BCUT2D eigenvalue weighted by Crippen LogP contribution is -2.37. The van der Waals surface area contributed by atoms with E-state index in [9.17, 15) is 4.79 Å². The Balaban J connectivity index is 1.43. The number of anilines is 1. The summed E-state index contributed by atoms with van der Waals surface area (Å²) in [5, 5.41) is 0.669. The van der Waals surface area contributed by atoms with Gasteiger partial charge in [0.05, 0.1) is 22.9 Å². The first kappa shape index (κ1) is 18.7. The molecule has 5 rings (SSSR count). The molecule has 0 aliphatic carbocycles. The number of ether oxygens (including phenoxy) is 2. The second-order valence-corrected chi connectivity index (χ2v) is 8.48. The van der Waals surface area contributed by atoms with Crippen LogP contribution >= 0.6 is 11.3 Å². The van der Waals surface area contributed by atoms with E-state index in [1.807, 2.05) is 24.3 Å². The van der Waals surface area contributed by atoms with E-state index in [0.29, 0.717) is 36.5 Å². The number of para-hydroxylation sites is 1. The summed E-state index contributed by atoms with van der Waals surface area (Å²) in [5.41, 5.74) is 1.21. The summed E-state index contributed by atoms with van der Waals surface area (Å²) in [6.07, 6.45) is 5.19. The quantitative estimate of drug-likeness (QED) is 0.629. The van der Waals surface area contributed by atoms with E-state index < -0.39 is 0 Å². The predicted octanol–water partition coefficient (Wildman–Crippen LogP) is 4.00. The molecular formula is C21H23N3O4S. The number of carbonyl (C=O) groups excluding carboxylic acids is 1. The van der Waals surface area contributed by atoms with E-state index in [2.05, 4.69) is 4.98 Å². The van der Waals surface area contributed by atoms with Gasteiger partial charge in [0.1, 0.15) is 6.26 Å². The van der Waals surface area contributed by atoms with Crippen molar-refractivity contribution in [2.24, 2.45) is 0 Å². The molecule has 2 aliphatic heterocycles. The smallest absolute Gasteiger partial charge is 0.282 e. The zero-order valence-corrected chi connectivity index (χ0v) is 16.9. The molecule has 0 N–H and O–H groups in total. The van der Waals surface area contributed by atoms with E-state index in [0.717, 1.165) is 42.5 Å². The lowest BCUT2D eigenvalue weighted by molar-refractivity contribution is 0.0794. The second-order valence-electron chi connectivity index (χ2n) is 7.47. The van der Waals surface area contributed by atoms with Crippen LogP contribution in [0.2, 0.25) is 0 Å². The fourth-order valence-corrected chi connectivity index (χ4v) is 4.84. The first-order chi connectivity index (χ1) is 14.3. The number of carbonyl (C=O) groups is 1. The summed E-state index contributed by atoms with van der Waals surface area (Å²) in [6.45, 7) is 2.61. The molecule has 29 heavy (non-hydrogen) atoms. The number of benzene rings is 1.